The molecule has 1 saturated heterocycles. The van der Waals surface area contributed by atoms with Crippen LogP contribution in [0.15, 0.2) is 53.6 Å². The molecule has 27 heavy (non-hydrogen) atoms. The molecule has 7 heteroatoms. The van der Waals surface area contributed by atoms with Crippen LogP contribution >= 0.6 is 11.6 Å². The molecule has 1 heterocycles. The summed E-state index contributed by atoms with van der Waals surface area (Å²) >= 11 is 6.24. The van der Waals surface area contributed by atoms with Crippen molar-refractivity contribution in [2.45, 2.75) is 6.54 Å². The van der Waals surface area contributed by atoms with Gasteiger partial charge in [0.2, 0.25) is 0 Å². The number of carbonyl (C=O) groups excluding carboxylic acids is 1. The maximum absolute atomic E-state index is 12.1. The van der Waals surface area contributed by atoms with Gasteiger partial charge in [-0.25, -0.2) is 5.43 Å². The summed E-state index contributed by atoms with van der Waals surface area (Å²) in [6.07, 6.45) is 1.53. The number of phenols is 1. The van der Waals surface area contributed by atoms with Gasteiger partial charge in [0.1, 0.15) is 38.5 Å². The molecular formula is C20H25ClN4O2+2. The molecule has 0 spiro atoms. The third kappa shape index (κ3) is 6.06. The van der Waals surface area contributed by atoms with Gasteiger partial charge in [-0.3, -0.25) is 4.79 Å². The molecular weight excluding hydrogens is 364 g/mol. The van der Waals surface area contributed by atoms with Crippen LogP contribution in [0.4, 0.5) is 0 Å². The summed E-state index contributed by atoms with van der Waals surface area (Å²) in [5.41, 5.74) is 4.47. The number of amides is 1. The Morgan fingerprint density at radius 2 is 1.85 bits per heavy atom. The van der Waals surface area contributed by atoms with E-state index in [0.29, 0.717) is 6.54 Å². The Morgan fingerprint density at radius 1 is 1.11 bits per heavy atom. The lowest BCUT2D eigenvalue weighted by Crippen LogP contribution is -3.28. The molecule has 1 aliphatic rings. The molecule has 2 aromatic rings. The Hall–Kier alpha value is -2.41. The number of quaternary nitrogens is 2. The number of carbonyl (C=O) groups is 1. The van der Waals surface area contributed by atoms with Gasteiger partial charge in [-0.15, -0.1) is 0 Å². The average molecular weight is 389 g/mol. The number of halogens is 1. The summed E-state index contributed by atoms with van der Waals surface area (Å²) < 4.78 is 0. The van der Waals surface area contributed by atoms with Crippen LogP contribution in [0.5, 0.6) is 5.75 Å². The van der Waals surface area contributed by atoms with Crippen LogP contribution in [0, 0.1) is 0 Å². The number of hydrazone groups is 1. The van der Waals surface area contributed by atoms with Crippen molar-refractivity contribution in [3.63, 3.8) is 0 Å². The Morgan fingerprint density at radius 3 is 2.59 bits per heavy atom. The van der Waals surface area contributed by atoms with Gasteiger partial charge < -0.3 is 14.9 Å². The van der Waals surface area contributed by atoms with Crippen molar-refractivity contribution in [3.05, 3.63) is 64.7 Å². The average Bonchev–Trinajstić information content (AvgIpc) is 2.65. The lowest BCUT2D eigenvalue weighted by atomic mass is 10.2. The normalized spacial score (nSPS) is 19.9. The minimum atomic E-state index is -0.101. The molecule has 2 aromatic carbocycles. The Labute approximate surface area is 164 Å². The minimum absolute atomic E-state index is 0.101. The molecule has 0 saturated carbocycles. The van der Waals surface area contributed by atoms with Crippen molar-refractivity contribution in [2.75, 3.05) is 32.7 Å². The molecule has 0 unspecified atom stereocenters. The van der Waals surface area contributed by atoms with Gasteiger partial charge in [0.05, 0.1) is 6.21 Å². The van der Waals surface area contributed by atoms with Crippen molar-refractivity contribution in [3.8, 4) is 5.75 Å². The Balaban J connectivity index is 1.39. The molecule has 0 atom stereocenters. The highest BCUT2D eigenvalue weighted by Gasteiger charge is 2.25. The van der Waals surface area contributed by atoms with Crippen LogP contribution < -0.4 is 15.2 Å². The highest BCUT2D eigenvalue weighted by Crippen LogP contribution is 2.13. The van der Waals surface area contributed by atoms with Crippen LogP contribution in [-0.4, -0.2) is 50.0 Å². The van der Waals surface area contributed by atoms with Gasteiger partial charge in [-0.2, -0.15) is 5.10 Å². The first-order chi connectivity index (χ1) is 13.1. The standard InChI is InChI=1S/C20H23ClN4O2/c21-19-7-2-1-5-17(19)14-24-8-10-25(11-9-24)15-20(27)23-22-13-16-4-3-6-18(26)12-16/h1-7,12-13,26H,8-11,14-15H2,(H,23,27)/p+2/b22-13-. The van der Waals surface area contributed by atoms with E-state index in [4.69, 9.17) is 11.6 Å². The number of aromatic hydroxyl groups is 1. The zero-order chi connectivity index (χ0) is 19.1. The second-order valence-corrected chi connectivity index (χ2v) is 7.24. The van der Waals surface area contributed by atoms with Crippen LogP contribution in [-0.2, 0) is 11.3 Å². The topological polar surface area (TPSA) is 70.6 Å². The molecule has 0 radical (unpaired) electrons. The Bertz CT molecular complexity index is 804. The first-order valence-corrected chi connectivity index (χ1v) is 9.49. The molecule has 3 rings (SSSR count). The van der Waals surface area contributed by atoms with Gasteiger partial charge >= 0.3 is 0 Å². The number of hydrogen-bond acceptors (Lipinski definition) is 3. The van der Waals surface area contributed by atoms with Gasteiger partial charge in [-0.1, -0.05) is 41.9 Å². The number of phenolic OH excluding ortho intramolecular Hbond substituents is 1. The maximum atomic E-state index is 12.1. The number of nitrogens with one attached hydrogen (secondary N) is 3. The fourth-order valence-corrected chi connectivity index (χ4v) is 3.47. The summed E-state index contributed by atoms with van der Waals surface area (Å²) in [5.74, 6) is 0.0721. The second kappa shape index (κ2) is 9.50. The number of piperazine rings is 1. The van der Waals surface area contributed by atoms with Crippen molar-refractivity contribution >= 4 is 23.7 Å². The molecule has 1 amide bonds. The van der Waals surface area contributed by atoms with E-state index in [2.05, 4.69) is 16.6 Å². The lowest BCUT2D eigenvalue weighted by Gasteiger charge is -2.29. The summed E-state index contributed by atoms with van der Waals surface area (Å²) in [6.45, 7) is 5.26. The molecule has 6 nitrogen and oxygen atoms in total. The van der Waals surface area contributed by atoms with E-state index >= 15 is 0 Å². The summed E-state index contributed by atoms with van der Waals surface area (Å²) in [5, 5.41) is 14.2. The van der Waals surface area contributed by atoms with Crippen molar-refractivity contribution in [1.82, 2.24) is 5.43 Å². The molecule has 0 bridgehead atoms. The number of rotatable bonds is 6. The highest BCUT2D eigenvalue weighted by atomic mass is 35.5. The number of benzene rings is 2. The van der Waals surface area contributed by atoms with Gasteiger partial charge in [-0.05, 0) is 23.8 Å². The maximum Gasteiger partial charge on any atom is 0.295 e. The fraction of sp³-hybridized carbons (Fsp3) is 0.300. The summed E-state index contributed by atoms with van der Waals surface area (Å²) in [4.78, 5) is 14.8. The smallest absolute Gasteiger partial charge is 0.295 e. The summed E-state index contributed by atoms with van der Waals surface area (Å²) in [7, 11) is 0. The molecule has 142 valence electrons. The quantitative estimate of drug-likeness (QED) is 0.397. The highest BCUT2D eigenvalue weighted by molar-refractivity contribution is 6.31. The molecule has 1 fully saturated rings. The Kier molecular flexibility index (Phi) is 6.81. The number of hydrogen-bond donors (Lipinski definition) is 4. The lowest BCUT2D eigenvalue weighted by molar-refractivity contribution is -1.02. The van der Waals surface area contributed by atoms with E-state index in [1.165, 1.54) is 21.6 Å². The molecule has 0 aromatic heterocycles. The summed E-state index contributed by atoms with van der Waals surface area (Å²) in [6, 6.07) is 14.7. The SMILES string of the molecule is O=C(C[NH+]1CC[NH+](Cc2ccccc2Cl)CC1)N/N=C\c1cccc(O)c1. The van der Waals surface area contributed by atoms with Crippen LogP contribution in [0.25, 0.3) is 0 Å². The molecule has 0 aliphatic carbocycles. The van der Waals surface area contributed by atoms with E-state index in [1.54, 1.807) is 18.2 Å². The van der Waals surface area contributed by atoms with Crippen molar-refractivity contribution in [1.29, 1.82) is 0 Å². The van der Waals surface area contributed by atoms with Crippen LogP contribution in [0.3, 0.4) is 0 Å². The van der Waals surface area contributed by atoms with E-state index in [1.807, 2.05) is 24.3 Å². The van der Waals surface area contributed by atoms with Crippen LogP contribution in [0.2, 0.25) is 5.02 Å². The molecule has 1 aliphatic heterocycles. The third-order valence-electron chi connectivity index (χ3n) is 4.75. The number of nitrogens with zero attached hydrogens (tertiary/aromatic N) is 1. The first kappa shape index (κ1) is 19.4. The van der Waals surface area contributed by atoms with Gasteiger partial charge in [0.15, 0.2) is 6.54 Å². The zero-order valence-electron chi connectivity index (χ0n) is 15.1. The van der Waals surface area contributed by atoms with E-state index in [9.17, 15) is 9.90 Å². The first-order valence-electron chi connectivity index (χ1n) is 9.11. The fourth-order valence-electron chi connectivity index (χ4n) is 3.27. The van der Waals surface area contributed by atoms with Gasteiger partial charge in [0.25, 0.3) is 5.91 Å². The second-order valence-electron chi connectivity index (χ2n) is 6.83. The van der Waals surface area contributed by atoms with E-state index < -0.39 is 0 Å². The zero-order valence-corrected chi connectivity index (χ0v) is 15.9. The minimum Gasteiger partial charge on any atom is -0.508 e. The van der Waals surface area contributed by atoms with Crippen molar-refractivity contribution < 1.29 is 19.7 Å². The largest absolute Gasteiger partial charge is 0.508 e. The third-order valence-corrected chi connectivity index (χ3v) is 5.11. The van der Waals surface area contributed by atoms with Crippen molar-refractivity contribution in [2.24, 2.45) is 5.10 Å². The van der Waals surface area contributed by atoms with Crippen LogP contribution in [0.1, 0.15) is 11.1 Å². The van der Waals surface area contributed by atoms with Gasteiger partial charge in [0, 0.05) is 10.6 Å². The van der Waals surface area contributed by atoms with E-state index in [-0.39, 0.29) is 11.7 Å². The monoisotopic (exact) mass is 388 g/mol. The predicted octanol–water partition coefficient (Wildman–Crippen LogP) is -0.521. The predicted molar refractivity (Wildman–Crippen MR) is 105 cm³/mol. The van der Waals surface area contributed by atoms with E-state index in [0.717, 1.165) is 43.3 Å². The molecule has 4 N–H and O–H groups in total.